The predicted molar refractivity (Wildman–Crippen MR) is 131 cm³/mol. The first-order chi connectivity index (χ1) is 16.6. The van der Waals surface area contributed by atoms with E-state index in [9.17, 15) is 14.4 Å². The van der Waals surface area contributed by atoms with Gasteiger partial charge in [0.1, 0.15) is 6.04 Å². The molecule has 34 heavy (non-hydrogen) atoms. The van der Waals surface area contributed by atoms with E-state index in [4.69, 9.17) is 0 Å². The highest BCUT2D eigenvalue weighted by Crippen LogP contribution is 2.46. The fraction of sp³-hybridized carbons (Fsp3) is 0.0690. The molecule has 1 aliphatic rings. The zero-order valence-corrected chi connectivity index (χ0v) is 18.3. The van der Waals surface area contributed by atoms with E-state index in [1.807, 2.05) is 54.6 Å². The fourth-order valence-corrected chi connectivity index (χ4v) is 4.19. The van der Waals surface area contributed by atoms with Crippen molar-refractivity contribution in [2.45, 2.75) is 12.1 Å². The second kappa shape index (κ2) is 9.16. The number of hydrogen-bond acceptors (Lipinski definition) is 3. The third kappa shape index (κ3) is 4.24. The quantitative estimate of drug-likeness (QED) is 0.319. The van der Waals surface area contributed by atoms with Crippen LogP contribution in [0.3, 0.4) is 0 Å². The number of Topliss-reactive ketones (excluding diaryl/α,β-unsaturated/α-hetero) is 1. The van der Waals surface area contributed by atoms with Crippen molar-refractivity contribution in [3.63, 3.8) is 0 Å². The number of anilines is 1. The van der Waals surface area contributed by atoms with Crippen molar-refractivity contribution in [1.82, 2.24) is 4.90 Å². The van der Waals surface area contributed by atoms with Crippen molar-refractivity contribution in [2.24, 2.45) is 0 Å². The summed E-state index contributed by atoms with van der Waals surface area (Å²) in [6, 6.07) is 33.4. The van der Waals surface area contributed by atoms with Gasteiger partial charge in [-0.3, -0.25) is 14.4 Å². The molecule has 1 heterocycles. The summed E-state index contributed by atoms with van der Waals surface area (Å²) in [6.07, 6.45) is 0. The van der Waals surface area contributed by atoms with Gasteiger partial charge in [0.25, 0.3) is 11.8 Å². The van der Waals surface area contributed by atoms with Gasteiger partial charge >= 0.3 is 0 Å². The molecule has 0 aromatic heterocycles. The van der Waals surface area contributed by atoms with Crippen LogP contribution in [0, 0.1) is 0 Å². The average Bonchev–Trinajstić information content (AvgIpc) is 3.65. The third-order valence-electron chi connectivity index (χ3n) is 5.91. The highest BCUT2D eigenvalue weighted by molar-refractivity contribution is 6.09. The van der Waals surface area contributed by atoms with Crippen LogP contribution in [-0.2, 0) is 0 Å². The molecule has 4 aromatic carbocycles. The number of carbonyl (C=O) groups is 3. The molecule has 2 amide bonds. The summed E-state index contributed by atoms with van der Waals surface area (Å²) in [5, 5.41) is 2.84. The van der Waals surface area contributed by atoms with E-state index >= 15 is 0 Å². The Morgan fingerprint density at radius 3 is 1.82 bits per heavy atom. The number of nitrogens with zero attached hydrogens (tertiary/aromatic N) is 1. The normalized spacial score (nSPS) is 16.5. The van der Waals surface area contributed by atoms with Gasteiger partial charge < -0.3 is 10.2 Å². The van der Waals surface area contributed by atoms with Crippen molar-refractivity contribution >= 4 is 23.3 Å². The van der Waals surface area contributed by atoms with E-state index in [2.05, 4.69) is 5.32 Å². The molecule has 1 fully saturated rings. The molecule has 1 aliphatic heterocycles. The Morgan fingerprint density at radius 1 is 0.618 bits per heavy atom. The van der Waals surface area contributed by atoms with Crippen LogP contribution in [0.2, 0.25) is 0 Å². The van der Waals surface area contributed by atoms with Gasteiger partial charge in [0.05, 0.1) is 6.04 Å². The van der Waals surface area contributed by atoms with Gasteiger partial charge in [0.2, 0.25) is 0 Å². The van der Waals surface area contributed by atoms with Crippen LogP contribution in [0.1, 0.15) is 42.7 Å². The molecule has 0 unspecified atom stereocenters. The highest BCUT2D eigenvalue weighted by atomic mass is 16.2. The van der Waals surface area contributed by atoms with Gasteiger partial charge in [-0.1, -0.05) is 84.9 Å². The largest absolute Gasteiger partial charge is 0.322 e. The monoisotopic (exact) mass is 446 g/mol. The highest BCUT2D eigenvalue weighted by Gasteiger charge is 2.56. The molecule has 5 rings (SSSR count). The lowest BCUT2D eigenvalue weighted by Gasteiger charge is -2.09. The molecular formula is C29H22N2O3. The number of amides is 2. The van der Waals surface area contributed by atoms with E-state index < -0.39 is 6.04 Å². The van der Waals surface area contributed by atoms with Gasteiger partial charge in [-0.05, 0) is 35.9 Å². The maximum Gasteiger partial charge on any atom is 0.255 e. The minimum Gasteiger partial charge on any atom is -0.322 e. The Hall–Kier alpha value is -4.51. The number of rotatable bonds is 6. The second-order valence-electron chi connectivity index (χ2n) is 8.14. The van der Waals surface area contributed by atoms with Gasteiger partial charge in [-0.15, -0.1) is 0 Å². The van der Waals surface area contributed by atoms with Crippen LogP contribution in [0.25, 0.3) is 0 Å². The molecule has 4 aromatic rings. The zero-order chi connectivity index (χ0) is 23.5. The first-order valence-corrected chi connectivity index (χ1v) is 11.1. The summed E-state index contributed by atoms with van der Waals surface area (Å²) in [6.45, 7) is 0. The molecule has 0 aliphatic carbocycles. The molecule has 5 heteroatoms. The van der Waals surface area contributed by atoms with Gasteiger partial charge in [0.15, 0.2) is 5.78 Å². The predicted octanol–water partition coefficient (Wildman–Crippen LogP) is 5.39. The van der Waals surface area contributed by atoms with Crippen molar-refractivity contribution in [3.05, 3.63) is 138 Å². The van der Waals surface area contributed by atoms with Crippen LogP contribution < -0.4 is 5.32 Å². The lowest BCUT2D eigenvalue weighted by molar-refractivity contribution is 0.0833. The first kappa shape index (κ1) is 21.3. The van der Waals surface area contributed by atoms with Crippen LogP contribution in [-0.4, -0.2) is 28.5 Å². The molecule has 1 N–H and O–H groups in total. The zero-order valence-electron chi connectivity index (χ0n) is 18.3. The minimum atomic E-state index is -0.570. The molecule has 0 saturated carbocycles. The first-order valence-electron chi connectivity index (χ1n) is 11.1. The van der Waals surface area contributed by atoms with E-state index in [-0.39, 0.29) is 23.6 Å². The van der Waals surface area contributed by atoms with Crippen LogP contribution in [0.15, 0.2) is 115 Å². The molecule has 2 atom stereocenters. The lowest BCUT2D eigenvalue weighted by Crippen LogP contribution is -2.19. The standard InChI is InChI=1S/C29H22N2O3/c32-27(21-13-6-2-7-14-21)26-25(20-11-4-1-5-12-20)31(26)29(34)23-17-10-18-24(19-23)30-28(33)22-15-8-3-9-16-22/h1-19,25-26H,(H,30,33)/t25-,26+,31?/m0/s1. The Morgan fingerprint density at radius 2 is 1.18 bits per heavy atom. The maximum absolute atomic E-state index is 13.5. The Labute approximate surface area is 197 Å². The average molecular weight is 447 g/mol. The number of hydrogen-bond donors (Lipinski definition) is 1. The molecule has 0 radical (unpaired) electrons. The number of carbonyl (C=O) groups excluding carboxylic acids is 3. The van der Waals surface area contributed by atoms with Crippen LogP contribution in [0.4, 0.5) is 5.69 Å². The topological polar surface area (TPSA) is 66.2 Å². The van der Waals surface area contributed by atoms with Crippen molar-refractivity contribution in [3.8, 4) is 0 Å². The Balaban J connectivity index is 1.40. The number of ketones is 1. The van der Waals surface area contributed by atoms with Crippen molar-refractivity contribution in [2.75, 3.05) is 5.32 Å². The van der Waals surface area contributed by atoms with Gasteiger partial charge in [-0.2, -0.15) is 0 Å². The smallest absolute Gasteiger partial charge is 0.255 e. The number of benzene rings is 4. The van der Waals surface area contributed by atoms with Gasteiger partial charge in [0, 0.05) is 22.4 Å². The SMILES string of the molecule is O=C(Nc1cccc(C(=O)N2[C@@H](C(=O)c3ccccc3)[C@@H]2c2ccccc2)c1)c1ccccc1. The van der Waals surface area contributed by atoms with E-state index in [0.29, 0.717) is 22.4 Å². The summed E-state index contributed by atoms with van der Waals surface area (Å²) < 4.78 is 0. The van der Waals surface area contributed by atoms with E-state index in [0.717, 1.165) is 5.56 Å². The number of nitrogens with one attached hydrogen (secondary N) is 1. The lowest BCUT2D eigenvalue weighted by atomic mass is 10.0. The summed E-state index contributed by atoms with van der Waals surface area (Å²) in [5.74, 6) is -0.591. The third-order valence-corrected chi connectivity index (χ3v) is 5.91. The van der Waals surface area contributed by atoms with E-state index in [1.165, 1.54) is 0 Å². The fourth-order valence-electron chi connectivity index (χ4n) is 4.19. The minimum absolute atomic E-state index is 0.0867. The van der Waals surface area contributed by atoms with Crippen molar-refractivity contribution < 1.29 is 14.4 Å². The summed E-state index contributed by atoms with van der Waals surface area (Å²) in [7, 11) is 0. The Bertz CT molecular complexity index is 1340. The van der Waals surface area contributed by atoms with E-state index in [1.54, 1.807) is 65.6 Å². The Kier molecular flexibility index (Phi) is 5.75. The molecule has 5 nitrogen and oxygen atoms in total. The maximum atomic E-state index is 13.5. The van der Waals surface area contributed by atoms with Crippen LogP contribution >= 0.6 is 0 Å². The van der Waals surface area contributed by atoms with Crippen LogP contribution in [0.5, 0.6) is 0 Å². The molecule has 0 bridgehead atoms. The molecule has 1 saturated heterocycles. The van der Waals surface area contributed by atoms with Crippen molar-refractivity contribution in [1.29, 1.82) is 0 Å². The summed E-state index contributed by atoms with van der Waals surface area (Å²) in [5.41, 5.74) is 2.95. The molecule has 0 spiro atoms. The molecular weight excluding hydrogens is 424 g/mol. The summed E-state index contributed by atoms with van der Waals surface area (Å²) in [4.78, 5) is 40.9. The summed E-state index contributed by atoms with van der Waals surface area (Å²) >= 11 is 0. The second-order valence-corrected chi connectivity index (χ2v) is 8.14. The molecule has 166 valence electrons. The van der Waals surface area contributed by atoms with Gasteiger partial charge in [-0.25, -0.2) is 0 Å².